The molecule has 2 N–H and O–H groups in total. The zero-order valence-electron chi connectivity index (χ0n) is 9.63. The van der Waals surface area contributed by atoms with Crippen LogP contribution in [0.4, 0.5) is 0 Å². The fourth-order valence-electron chi connectivity index (χ4n) is 2.52. The van der Waals surface area contributed by atoms with Crippen molar-refractivity contribution in [3.05, 3.63) is 0 Å². The first-order chi connectivity index (χ1) is 7.45. The number of hydrogen-bond donors (Lipinski definition) is 2. The molecule has 0 aliphatic carbocycles. The highest BCUT2D eigenvalue weighted by molar-refractivity contribution is 4.74. The maximum atomic E-state index is 5.57. The Morgan fingerprint density at radius 3 is 2.93 bits per heavy atom. The van der Waals surface area contributed by atoms with Gasteiger partial charge >= 0.3 is 0 Å². The molecule has 2 atom stereocenters. The number of rotatable bonds is 5. The molecule has 2 rings (SSSR count). The van der Waals surface area contributed by atoms with E-state index in [0.717, 1.165) is 25.7 Å². The fraction of sp³-hybridized carbons (Fsp3) is 1.00. The summed E-state index contributed by atoms with van der Waals surface area (Å²) in [6, 6.07) is 0.760. The third-order valence-electron chi connectivity index (χ3n) is 3.48. The normalized spacial score (nSPS) is 32.0. The van der Waals surface area contributed by atoms with Gasteiger partial charge < -0.3 is 15.4 Å². The lowest BCUT2D eigenvalue weighted by Crippen LogP contribution is -2.37. The zero-order chi connectivity index (χ0) is 10.3. The van der Waals surface area contributed by atoms with E-state index < -0.39 is 0 Å². The molecule has 3 nitrogen and oxygen atoms in total. The van der Waals surface area contributed by atoms with Gasteiger partial charge in [0.15, 0.2) is 0 Å². The highest BCUT2D eigenvalue weighted by Gasteiger charge is 2.15. The van der Waals surface area contributed by atoms with Crippen LogP contribution in [0.25, 0.3) is 0 Å². The molecule has 3 heteroatoms. The van der Waals surface area contributed by atoms with Gasteiger partial charge in [0, 0.05) is 19.2 Å². The number of piperidine rings is 1. The van der Waals surface area contributed by atoms with Crippen LogP contribution < -0.4 is 10.6 Å². The van der Waals surface area contributed by atoms with E-state index in [-0.39, 0.29) is 0 Å². The molecule has 2 fully saturated rings. The van der Waals surface area contributed by atoms with E-state index in [1.807, 2.05) is 0 Å². The van der Waals surface area contributed by atoms with Crippen LogP contribution in [0.2, 0.25) is 0 Å². The van der Waals surface area contributed by atoms with Crippen molar-refractivity contribution in [3.8, 4) is 0 Å². The quantitative estimate of drug-likeness (QED) is 0.674. The molecule has 2 saturated heterocycles. The first-order valence-electron chi connectivity index (χ1n) is 6.51. The minimum atomic E-state index is 0.490. The summed E-state index contributed by atoms with van der Waals surface area (Å²) in [5.74, 6) is 0. The minimum Gasteiger partial charge on any atom is -0.377 e. The number of hydrogen-bond acceptors (Lipinski definition) is 3. The summed E-state index contributed by atoms with van der Waals surface area (Å²) in [4.78, 5) is 0. The van der Waals surface area contributed by atoms with Crippen molar-refractivity contribution in [2.75, 3.05) is 26.2 Å². The number of nitrogens with one attached hydrogen (secondary N) is 2. The average Bonchev–Trinajstić information content (AvgIpc) is 2.79. The van der Waals surface area contributed by atoms with Crippen LogP contribution in [-0.2, 0) is 4.74 Å². The van der Waals surface area contributed by atoms with Gasteiger partial charge in [-0.3, -0.25) is 0 Å². The molecule has 88 valence electrons. The number of ether oxygens (including phenoxy) is 1. The Morgan fingerprint density at radius 2 is 2.20 bits per heavy atom. The van der Waals surface area contributed by atoms with Crippen LogP contribution in [0.5, 0.6) is 0 Å². The SMILES string of the molecule is C1CCC(CCNCC2CCCO2)NC1. The Kier molecular flexibility index (Phi) is 4.90. The van der Waals surface area contributed by atoms with Crippen molar-refractivity contribution in [2.45, 2.75) is 50.7 Å². The van der Waals surface area contributed by atoms with Gasteiger partial charge in [0.05, 0.1) is 6.10 Å². The van der Waals surface area contributed by atoms with Gasteiger partial charge in [0.2, 0.25) is 0 Å². The van der Waals surface area contributed by atoms with Gasteiger partial charge in [-0.25, -0.2) is 0 Å². The summed E-state index contributed by atoms with van der Waals surface area (Å²) in [6.45, 7) is 4.37. The molecule has 0 aromatic rings. The van der Waals surface area contributed by atoms with Crippen LogP contribution in [0.3, 0.4) is 0 Å². The largest absolute Gasteiger partial charge is 0.377 e. The van der Waals surface area contributed by atoms with Crippen molar-refractivity contribution in [3.63, 3.8) is 0 Å². The van der Waals surface area contributed by atoms with E-state index in [0.29, 0.717) is 6.10 Å². The van der Waals surface area contributed by atoms with Crippen LogP contribution in [0.1, 0.15) is 38.5 Å². The molecular formula is C12H24N2O. The Bertz CT molecular complexity index is 163. The first kappa shape index (κ1) is 11.4. The predicted molar refractivity (Wildman–Crippen MR) is 62.1 cm³/mol. The monoisotopic (exact) mass is 212 g/mol. The van der Waals surface area contributed by atoms with Crippen molar-refractivity contribution in [2.24, 2.45) is 0 Å². The van der Waals surface area contributed by atoms with E-state index in [1.54, 1.807) is 0 Å². The molecule has 15 heavy (non-hydrogen) atoms. The summed E-state index contributed by atoms with van der Waals surface area (Å²) >= 11 is 0. The van der Waals surface area contributed by atoms with Gasteiger partial charge in [0.25, 0.3) is 0 Å². The Balaban J connectivity index is 1.47. The maximum absolute atomic E-state index is 5.57. The van der Waals surface area contributed by atoms with Crippen molar-refractivity contribution in [1.29, 1.82) is 0 Å². The Hall–Kier alpha value is -0.120. The van der Waals surface area contributed by atoms with Crippen molar-refractivity contribution in [1.82, 2.24) is 10.6 Å². The van der Waals surface area contributed by atoms with E-state index in [1.165, 1.54) is 45.1 Å². The molecule has 0 radical (unpaired) electrons. The van der Waals surface area contributed by atoms with Crippen LogP contribution >= 0.6 is 0 Å². The third-order valence-corrected chi connectivity index (χ3v) is 3.48. The predicted octanol–water partition coefficient (Wildman–Crippen LogP) is 1.29. The summed E-state index contributed by atoms with van der Waals surface area (Å²) in [5, 5.41) is 7.09. The summed E-state index contributed by atoms with van der Waals surface area (Å²) in [5.41, 5.74) is 0. The van der Waals surface area contributed by atoms with Crippen molar-refractivity contribution >= 4 is 0 Å². The van der Waals surface area contributed by atoms with E-state index in [2.05, 4.69) is 10.6 Å². The summed E-state index contributed by atoms with van der Waals surface area (Å²) in [6.07, 6.45) is 8.38. The zero-order valence-corrected chi connectivity index (χ0v) is 9.63. The Morgan fingerprint density at radius 1 is 1.20 bits per heavy atom. The molecule has 0 aromatic heterocycles. The second kappa shape index (κ2) is 6.46. The molecule has 2 unspecified atom stereocenters. The van der Waals surface area contributed by atoms with E-state index >= 15 is 0 Å². The molecule has 2 heterocycles. The highest BCUT2D eigenvalue weighted by Crippen LogP contribution is 2.11. The molecule has 0 bridgehead atoms. The van der Waals surface area contributed by atoms with Gasteiger partial charge in [-0.05, 0) is 45.2 Å². The molecule has 2 aliphatic rings. The first-order valence-corrected chi connectivity index (χ1v) is 6.51. The van der Waals surface area contributed by atoms with E-state index in [4.69, 9.17) is 4.74 Å². The second-order valence-electron chi connectivity index (χ2n) is 4.77. The van der Waals surface area contributed by atoms with Gasteiger partial charge in [-0.2, -0.15) is 0 Å². The maximum Gasteiger partial charge on any atom is 0.0700 e. The standard InChI is InChI=1S/C12H24N2O/c1-2-7-14-11(4-1)6-8-13-10-12-5-3-9-15-12/h11-14H,1-10H2. The van der Waals surface area contributed by atoms with Crippen LogP contribution in [0.15, 0.2) is 0 Å². The minimum absolute atomic E-state index is 0.490. The fourth-order valence-corrected chi connectivity index (χ4v) is 2.52. The highest BCUT2D eigenvalue weighted by atomic mass is 16.5. The molecule has 0 amide bonds. The molecular weight excluding hydrogens is 188 g/mol. The Labute approximate surface area is 93.0 Å². The van der Waals surface area contributed by atoms with E-state index in [9.17, 15) is 0 Å². The van der Waals surface area contributed by atoms with Gasteiger partial charge in [0.1, 0.15) is 0 Å². The van der Waals surface area contributed by atoms with Gasteiger partial charge in [-0.15, -0.1) is 0 Å². The smallest absolute Gasteiger partial charge is 0.0700 e. The lowest BCUT2D eigenvalue weighted by molar-refractivity contribution is 0.110. The lowest BCUT2D eigenvalue weighted by atomic mass is 10.0. The molecule has 0 saturated carbocycles. The summed E-state index contributed by atoms with van der Waals surface area (Å²) in [7, 11) is 0. The molecule has 0 aromatic carbocycles. The topological polar surface area (TPSA) is 33.3 Å². The average molecular weight is 212 g/mol. The van der Waals surface area contributed by atoms with Crippen molar-refractivity contribution < 1.29 is 4.74 Å². The van der Waals surface area contributed by atoms with Crippen LogP contribution in [0, 0.1) is 0 Å². The molecule has 0 spiro atoms. The van der Waals surface area contributed by atoms with Crippen LogP contribution in [-0.4, -0.2) is 38.4 Å². The second-order valence-corrected chi connectivity index (χ2v) is 4.77. The third kappa shape index (κ3) is 4.09. The lowest BCUT2D eigenvalue weighted by Gasteiger charge is -2.23. The molecule has 2 aliphatic heterocycles. The summed E-state index contributed by atoms with van der Waals surface area (Å²) < 4.78 is 5.57. The van der Waals surface area contributed by atoms with Gasteiger partial charge in [-0.1, -0.05) is 6.42 Å².